The molecule has 0 heterocycles. The first kappa shape index (κ1) is 16.8. The van der Waals surface area contributed by atoms with Crippen LogP contribution in [0.3, 0.4) is 0 Å². The number of hydrogen-bond donors (Lipinski definition) is 2. The van der Waals surface area contributed by atoms with Crippen LogP contribution in [0.15, 0.2) is 41.3 Å². The van der Waals surface area contributed by atoms with Crippen molar-refractivity contribution in [1.82, 2.24) is 0 Å². The lowest BCUT2D eigenvalue weighted by atomic mass is 9.92. The van der Waals surface area contributed by atoms with Crippen molar-refractivity contribution in [3.8, 4) is 0 Å². The fourth-order valence-corrected chi connectivity index (χ4v) is 4.17. The van der Waals surface area contributed by atoms with E-state index in [0.29, 0.717) is 0 Å². The third-order valence-corrected chi connectivity index (χ3v) is 5.68. The van der Waals surface area contributed by atoms with E-state index in [1.807, 2.05) is 6.07 Å². The Morgan fingerprint density at radius 2 is 1.75 bits per heavy atom. The van der Waals surface area contributed by atoms with Gasteiger partial charge in [0.05, 0.1) is 16.1 Å². The molecular weight excluding hydrogens is 350 g/mol. The summed E-state index contributed by atoms with van der Waals surface area (Å²) in [5.41, 5.74) is 2.02. The SMILES string of the molecule is O=C(O)c1cc(Cl)ccc1NS(=O)(=O)c1ccc2c(c1)CCCC2. The van der Waals surface area contributed by atoms with Gasteiger partial charge in [-0.05, 0) is 67.1 Å². The Morgan fingerprint density at radius 1 is 1.04 bits per heavy atom. The van der Waals surface area contributed by atoms with Gasteiger partial charge in [-0.2, -0.15) is 0 Å². The Morgan fingerprint density at radius 3 is 2.46 bits per heavy atom. The van der Waals surface area contributed by atoms with Gasteiger partial charge in [-0.15, -0.1) is 0 Å². The van der Waals surface area contributed by atoms with Crippen LogP contribution in [0.2, 0.25) is 5.02 Å². The van der Waals surface area contributed by atoms with Crippen molar-refractivity contribution in [2.24, 2.45) is 0 Å². The summed E-state index contributed by atoms with van der Waals surface area (Å²) >= 11 is 5.79. The molecule has 1 aliphatic rings. The number of aryl methyl sites for hydroxylation is 2. The van der Waals surface area contributed by atoms with E-state index in [2.05, 4.69) is 4.72 Å². The van der Waals surface area contributed by atoms with Gasteiger partial charge in [0.1, 0.15) is 0 Å². The van der Waals surface area contributed by atoms with Crippen LogP contribution in [0.4, 0.5) is 5.69 Å². The molecule has 0 aromatic heterocycles. The summed E-state index contributed by atoms with van der Waals surface area (Å²) in [7, 11) is -3.87. The maximum Gasteiger partial charge on any atom is 0.337 e. The highest BCUT2D eigenvalue weighted by atomic mass is 35.5. The fourth-order valence-electron chi connectivity index (χ4n) is 2.86. The van der Waals surface area contributed by atoms with Crippen LogP contribution in [-0.2, 0) is 22.9 Å². The summed E-state index contributed by atoms with van der Waals surface area (Å²) < 4.78 is 27.6. The summed E-state index contributed by atoms with van der Waals surface area (Å²) in [6.45, 7) is 0. The number of carboxylic acid groups (broad SMARTS) is 1. The number of carbonyl (C=O) groups is 1. The van der Waals surface area contributed by atoms with Gasteiger partial charge in [0, 0.05) is 5.02 Å². The lowest BCUT2D eigenvalue weighted by Crippen LogP contribution is -2.16. The average Bonchev–Trinajstić information content (AvgIpc) is 2.55. The van der Waals surface area contributed by atoms with Crippen molar-refractivity contribution < 1.29 is 18.3 Å². The van der Waals surface area contributed by atoms with E-state index in [0.717, 1.165) is 31.2 Å². The van der Waals surface area contributed by atoms with Crippen LogP contribution >= 0.6 is 11.6 Å². The third-order valence-electron chi connectivity index (χ3n) is 4.09. The van der Waals surface area contributed by atoms with E-state index in [9.17, 15) is 18.3 Å². The fraction of sp³-hybridized carbons (Fsp3) is 0.235. The van der Waals surface area contributed by atoms with Crippen LogP contribution in [0.25, 0.3) is 0 Å². The number of anilines is 1. The second-order valence-electron chi connectivity index (χ2n) is 5.74. The van der Waals surface area contributed by atoms with Crippen molar-refractivity contribution >= 4 is 33.3 Å². The molecule has 0 saturated carbocycles. The zero-order valence-electron chi connectivity index (χ0n) is 12.8. The van der Waals surface area contributed by atoms with Gasteiger partial charge in [-0.25, -0.2) is 13.2 Å². The zero-order chi connectivity index (χ0) is 17.3. The molecule has 2 N–H and O–H groups in total. The van der Waals surface area contributed by atoms with Gasteiger partial charge in [-0.1, -0.05) is 17.7 Å². The summed E-state index contributed by atoms with van der Waals surface area (Å²) in [5, 5.41) is 9.45. The monoisotopic (exact) mass is 365 g/mol. The lowest BCUT2D eigenvalue weighted by molar-refractivity contribution is 0.0698. The van der Waals surface area contributed by atoms with Crippen LogP contribution < -0.4 is 4.72 Å². The number of aromatic carboxylic acids is 1. The number of carboxylic acids is 1. The Balaban J connectivity index is 1.96. The van der Waals surface area contributed by atoms with E-state index < -0.39 is 16.0 Å². The largest absolute Gasteiger partial charge is 0.478 e. The predicted octanol–water partition coefficient (Wildman–Crippen LogP) is 3.72. The van der Waals surface area contributed by atoms with Gasteiger partial charge in [0.2, 0.25) is 0 Å². The maximum absolute atomic E-state index is 12.6. The van der Waals surface area contributed by atoms with Gasteiger partial charge in [0.25, 0.3) is 10.0 Å². The van der Waals surface area contributed by atoms with Gasteiger partial charge < -0.3 is 5.11 Å². The molecule has 2 aromatic carbocycles. The topological polar surface area (TPSA) is 83.5 Å². The summed E-state index contributed by atoms with van der Waals surface area (Å²) in [4.78, 5) is 11.4. The molecule has 126 valence electrons. The highest BCUT2D eigenvalue weighted by Gasteiger charge is 2.20. The Bertz CT molecular complexity index is 909. The van der Waals surface area contributed by atoms with Crippen molar-refractivity contribution in [3.63, 3.8) is 0 Å². The minimum atomic E-state index is -3.87. The van der Waals surface area contributed by atoms with Crippen molar-refractivity contribution in [3.05, 3.63) is 58.1 Å². The van der Waals surface area contributed by atoms with Gasteiger partial charge in [0.15, 0.2) is 0 Å². The van der Waals surface area contributed by atoms with Crippen molar-refractivity contribution in [2.45, 2.75) is 30.6 Å². The Labute approximate surface area is 145 Å². The summed E-state index contributed by atoms with van der Waals surface area (Å²) in [5.74, 6) is -1.25. The average molecular weight is 366 g/mol. The predicted molar refractivity (Wildman–Crippen MR) is 92.3 cm³/mol. The molecule has 0 atom stereocenters. The minimum absolute atomic E-state index is 0.00961. The van der Waals surface area contributed by atoms with E-state index in [1.165, 1.54) is 23.8 Å². The highest BCUT2D eigenvalue weighted by molar-refractivity contribution is 7.92. The third kappa shape index (κ3) is 3.39. The minimum Gasteiger partial charge on any atom is -0.478 e. The first-order valence-electron chi connectivity index (χ1n) is 7.54. The molecule has 0 bridgehead atoms. The first-order valence-corrected chi connectivity index (χ1v) is 9.40. The molecule has 7 heteroatoms. The molecule has 0 saturated heterocycles. The normalized spacial score (nSPS) is 14.0. The second-order valence-corrected chi connectivity index (χ2v) is 7.86. The standard InChI is InChI=1S/C17H16ClNO4S/c18-13-6-8-16(15(10-13)17(20)21)19-24(22,23)14-7-5-11-3-1-2-4-12(11)9-14/h5-10,19H,1-4H2,(H,20,21). The maximum atomic E-state index is 12.6. The van der Waals surface area contributed by atoms with Crippen molar-refractivity contribution in [2.75, 3.05) is 4.72 Å². The Hall–Kier alpha value is -2.05. The number of fused-ring (bicyclic) bond motifs is 1. The number of sulfonamides is 1. The number of benzene rings is 2. The van der Waals surface area contributed by atoms with Gasteiger partial charge >= 0.3 is 5.97 Å². The zero-order valence-corrected chi connectivity index (χ0v) is 14.3. The van der Waals surface area contributed by atoms with Crippen LogP contribution in [-0.4, -0.2) is 19.5 Å². The van der Waals surface area contributed by atoms with Crippen LogP contribution in [0.1, 0.15) is 34.3 Å². The second kappa shape index (κ2) is 6.45. The Kier molecular flexibility index (Phi) is 4.51. The molecule has 3 rings (SSSR count). The van der Waals surface area contributed by atoms with E-state index in [-0.39, 0.29) is 21.2 Å². The number of rotatable bonds is 4. The van der Waals surface area contributed by atoms with Crippen molar-refractivity contribution in [1.29, 1.82) is 0 Å². The molecule has 0 radical (unpaired) electrons. The molecule has 1 aliphatic carbocycles. The molecule has 24 heavy (non-hydrogen) atoms. The number of hydrogen-bond acceptors (Lipinski definition) is 3. The van der Waals surface area contributed by atoms with Crippen LogP contribution in [0, 0.1) is 0 Å². The molecule has 5 nitrogen and oxygen atoms in total. The molecule has 2 aromatic rings. The number of halogens is 1. The summed E-state index contributed by atoms with van der Waals surface area (Å²) in [6.07, 6.45) is 3.98. The molecule has 0 amide bonds. The van der Waals surface area contributed by atoms with E-state index >= 15 is 0 Å². The smallest absolute Gasteiger partial charge is 0.337 e. The van der Waals surface area contributed by atoms with E-state index in [4.69, 9.17) is 11.6 Å². The first-order chi connectivity index (χ1) is 11.4. The quantitative estimate of drug-likeness (QED) is 0.864. The highest BCUT2D eigenvalue weighted by Crippen LogP contribution is 2.27. The molecule has 0 spiro atoms. The molecule has 0 aliphatic heterocycles. The van der Waals surface area contributed by atoms with E-state index in [1.54, 1.807) is 12.1 Å². The molecule has 0 fully saturated rings. The lowest BCUT2D eigenvalue weighted by Gasteiger charge is -2.17. The molecule has 0 unspecified atom stereocenters. The van der Waals surface area contributed by atoms with Gasteiger partial charge in [-0.3, -0.25) is 4.72 Å². The van der Waals surface area contributed by atoms with Crippen LogP contribution in [0.5, 0.6) is 0 Å². The number of nitrogens with one attached hydrogen (secondary N) is 1. The summed E-state index contributed by atoms with van der Waals surface area (Å²) in [6, 6.07) is 9.08. The molecular formula is C17H16ClNO4S.